The maximum absolute atomic E-state index is 10.6. The summed E-state index contributed by atoms with van der Waals surface area (Å²) in [4.78, 5) is 15.9. The molecule has 0 aliphatic heterocycles. The predicted molar refractivity (Wildman–Crippen MR) is 161 cm³/mol. The topological polar surface area (TPSA) is 35.6 Å². The summed E-state index contributed by atoms with van der Waals surface area (Å²) in [5.41, 5.74) is 0. The van der Waals surface area contributed by atoms with Crippen molar-refractivity contribution in [1.29, 1.82) is 0 Å². The number of carbonyl (C=O) groups is 1. The highest BCUT2D eigenvalue weighted by molar-refractivity contribution is 5.45. The zero-order chi connectivity index (χ0) is 26.4. The third-order valence-corrected chi connectivity index (χ3v) is 7.58. The van der Waals surface area contributed by atoms with E-state index in [1.165, 1.54) is 154 Å². The molecule has 0 spiro atoms. The Balaban J connectivity index is 4.15. The van der Waals surface area contributed by atoms with Gasteiger partial charge < -0.3 is 15.1 Å². The first-order valence-corrected chi connectivity index (χ1v) is 16.4. The highest BCUT2D eigenvalue weighted by atomic mass is 16.1. The van der Waals surface area contributed by atoms with Gasteiger partial charge in [-0.15, -0.1) is 0 Å². The standard InChI is InChI=1S/C32H67N3O/c1-4-7-9-11-13-15-17-19-21-23-27-35(31-30-34(26-6-3)29-25-33-32-36)28-24-22-20-18-16-14-12-10-8-5-2/h32H,4-31H2,1-3H3,(H,33,36). The van der Waals surface area contributed by atoms with Gasteiger partial charge in [-0.25, -0.2) is 0 Å². The molecule has 0 radical (unpaired) electrons. The van der Waals surface area contributed by atoms with Gasteiger partial charge >= 0.3 is 0 Å². The van der Waals surface area contributed by atoms with Crippen LogP contribution in [0.2, 0.25) is 0 Å². The van der Waals surface area contributed by atoms with E-state index in [2.05, 4.69) is 35.9 Å². The van der Waals surface area contributed by atoms with Crippen LogP contribution in [-0.4, -0.2) is 62.0 Å². The summed E-state index contributed by atoms with van der Waals surface area (Å²) in [7, 11) is 0. The van der Waals surface area contributed by atoms with Gasteiger partial charge in [0.15, 0.2) is 0 Å². The molecular weight excluding hydrogens is 442 g/mol. The first-order valence-electron chi connectivity index (χ1n) is 16.4. The molecule has 0 unspecified atom stereocenters. The van der Waals surface area contributed by atoms with Crippen molar-refractivity contribution in [3.63, 3.8) is 0 Å². The van der Waals surface area contributed by atoms with Crippen LogP contribution in [-0.2, 0) is 4.79 Å². The molecule has 0 aliphatic carbocycles. The number of amides is 1. The van der Waals surface area contributed by atoms with Crippen LogP contribution < -0.4 is 5.32 Å². The number of carbonyl (C=O) groups excluding carboxylic acids is 1. The summed E-state index contributed by atoms with van der Waals surface area (Å²) in [6, 6.07) is 0. The molecule has 0 heterocycles. The Kier molecular flexibility index (Phi) is 30.1. The number of unbranched alkanes of at least 4 members (excludes halogenated alkanes) is 18. The van der Waals surface area contributed by atoms with Crippen LogP contribution >= 0.6 is 0 Å². The highest BCUT2D eigenvalue weighted by Crippen LogP contribution is 2.13. The SMILES string of the molecule is CCCCCCCCCCCCN(CCCCCCCCCCCC)CCN(CCC)CCNC=O. The quantitative estimate of drug-likeness (QED) is 0.0750. The molecule has 36 heavy (non-hydrogen) atoms. The number of nitrogens with zero attached hydrogens (tertiary/aromatic N) is 2. The van der Waals surface area contributed by atoms with Gasteiger partial charge in [-0.2, -0.15) is 0 Å². The van der Waals surface area contributed by atoms with E-state index in [0.29, 0.717) is 0 Å². The minimum Gasteiger partial charge on any atom is -0.357 e. The molecule has 0 aromatic heterocycles. The smallest absolute Gasteiger partial charge is 0.207 e. The maximum atomic E-state index is 10.6. The molecule has 1 N–H and O–H groups in total. The number of hydrogen-bond donors (Lipinski definition) is 1. The number of nitrogens with one attached hydrogen (secondary N) is 1. The van der Waals surface area contributed by atoms with Crippen LogP contribution in [0.4, 0.5) is 0 Å². The molecule has 4 nitrogen and oxygen atoms in total. The fourth-order valence-corrected chi connectivity index (χ4v) is 5.20. The lowest BCUT2D eigenvalue weighted by atomic mass is 10.1. The van der Waals surface area contributed by atoms with Crippen molar-refractivity contribution in [2.24, 2.45) is 0 Å². The average molecular weight is 510 g/mol. The summed E-state index contributed by atoms with van der Waals surface area (Å²) < 4.78 is 0. The van der Waals surface area contributed by atoms with Crippen molar-refractivity contribution in [3.05, 3.63) is 0 Å². The normalized spacial score (nSPS) is 11.6. The van der Waals surface area contributed by atoms with E-state index in [0.717, 1.165) is 32.6 Å². The van der Waals surface area contributed by atoms with Crippen molar-refractivity contribution >= 4 is 6.41 Å². The van der Waals surface area contributed by atoms with E-state index >= 15 is 0 Å². The molecule has 4 heteroatoms. The van der Waals surface area contributed by atoms with Gasteiger partial charge in [0.05, 0.1) is 0 Å². The van der Waals surface area contributed by atoms with Crippen molar-refractivity contribution in [3.8, 4) is 0 Å². The third-order valence-electron chi connectivity index (χ3n) is 7.58. The Morgan fingerprint density at radius 3 is 1.14 bits per heavy atom. The minimum absolute atomic E-state index is 0.764. The Hall–Kier alpha value is -0.610. The molecule has 1 amide bonds. The second kappa shape index (κ2) is 30.6. The van der Waals surface area contributed by atoms with Crippen molar-refractivity contribution < 1.29 is 4.79 Å². The predicted octanol–water partition coefficient (Wildman–Crippen LogP) is 8.59. The van der Waals surface area contributed by atoms with Gasteiger partial charge in [0.25, 0.3) is 0 Å². The van der Waals surface area contributed by atoms with Crippen LogP contribution in [0, 0.1) is 0 Å². The fourth-order valence-electron chi connectivity index (χ4n) is 5.20. The summed E-state index contributed by atoms with van der Waals surface area (Å²) in [5, 5.41) is 2.83. The summed E-state index contributed by atoms with van der Waals surface area (Å²) in [6.45, 7) is 14.5. The molecule has 216 valence electrons. The Bertz CT molecular complexity index is 394. The largest absolute Gasteiger partial charge is 0.357 e. The van der Waals surface area contributed by atoms with Crippen molar-refractivity contribution in [2.75, 3.05) is 45.8 Å². The lowest BCUT2D eigenvalue weighted by Crippen LogP contribution is -2.39. The molecular formula is C32H67N3O. The monoisotopic (exact) mass is 510 g/mol. The maximum Gasteiger partial charge on any atom is 0.207 e. The average Bonchev–Trinajstić information content (AvgIpc) is 2.88. The van der Waals surface area contributed by atoms with E-state index in [9.17, 15) is 4.79 Å². The zero-order valence-corrected chi connectivity index (χ0v) is 25.2. The molecule has 0 atom stereocenters. The first-order chi connectivity index (χ1) is 17.8. The summed E-state index contributed by atoms with van der Waals surface area (Å²) in [5.74, 6) is 0. The molecule has 0 rings (SSSR count). The van der Waals surface area contributed by atoms with Gasteiger partial charge in [0.2, 0.25) is 6.41 Å². The van der Waals surface area contributed by atoms with E-state index < -0.39 is 0 Å². The number of rotatable bonds is 31. The highest BCUT2D eigenvalue weighted by Gasteiger charge is 2.09. The Labute approximate surface area is 227 Å². The van der Waals surface area contributed by atoms with Gasteiger partial charge in [-0.3, -0.25) is 4.79 Å². The summed E-state index contributed by atoms with van der Waals surface area (Å²) >= 11 is 0. The Morgan fingerprint density at radius 1 is 0.417 bits per heavy atom. The molecule has 0 bridgehead atoms. The molecule has 0 fully saturated rings. The molecule has 0 aromatic carbocycles. The van der Waals surface area contributed by atoms with Crippen LogP contribution in [0.3, 0.4) is 0 Å². The molecule has 0 saturated heterocycles. The van der Waals surface area contributed by atoms with E-state index in [4.69, 9.17) is 0 Å². The third kappa shape index (κ3) is 26.5. The van der Waals surface area contributed by atoms with Gasteiger partial charge in [0.1, 0.15) is 0 Å². The van der Waals surface area contributed by atoms with Crippen molar-refractivity contribution in [1.82, 2.24) is 15.1 Å². The minimum atomic E-state index is 0.764. The summed E-state index contributed by atoms with van der Waals surface area (Å²) in [6.07, 6.45) is 30.2. The molecule has 0 aliphatic rings. The lowest BCUT2D eigenvalue weighted by Gasteiger charge is -2.27. The first kappa shape index (κ1) is 35.4. The second-order valence-electron chi connectivity index (χ2n) is 11.1. The van der Waals surface area contributed by atoms with Crippen LogP contribution in [0.15, 0.2) is 0 Å². The van der Waals surface area contributed by atoms with Crippen molar-refractivity contribution in [2.45, 2.75) is 156 Å². The van der Waals surface area contributed by atoms with Gasteiger partial charge in [-0.1, -0.05) is 136 Å². The fraction of sp³-hybridized carbons (Fsp3) is 0.969. The van der Waals surface area contributed by atoms with E-state index in [1.54, 1.807) is 0 Å². The van der Waals surface area contributed by atoms with Crippen LogP contribution in [0.5, 0.6) is 0 Å². The van der Waals surface area contributed by atoms with E-state index in [-0.39, 0.29) is 0 Å². The van der Waals surface area contributed by atoms with E-state index in [1.807, 2.05) is 0 Å². The number of hydrogen-bond acceptors (Lipinski definition) is 3. The van der Waals surface area contributed by atoms with Crippen LogP contribution in [0.1, 0.15) is 156 Å². The second-order valence-corrected chi connectivity index (χ2v) is 11.1. The molecule has 0 saturated carbocycles. The van der Waals surface area contributed by atoms with Crippen LogP contribution in [0.25, 0.3) is 0 Å². The Morgan fingerprint density at radius 2 is 0.778 bits per heavy atom. The van der Waals surface area contributed by atoms with Gasteiger partial charge in [-0.05, 0) is 38.9 Å². The zero-order valence-electron chi connectivity index (χ0n) is 25.2. The molecule has 0 aromatic rings. The lowest BCUT2D eigenvalue weighted by molar-refractivity contribution is -0.109. The van der Waals surface area contributed by atoms with Gasteiger partial charge in [0, 0.05) is 26.2 Å².